The van der Waals surface area contributed by atoms with Crippen molar-refractivity contribution in [2.24, 2.45) is 4.99 Å². The van der Waals surface area contributed by atoms with E-state index in [0.29, 0.717) is 11.1 Å². The van der Waals surface area contributed by atoms with E-state index in [2.05, 4.69) is 0 Å². The normalized spacial score (nSPS) is 23.4. The maximum absolute atomic E-state index is 14.0. The molecular formula is C27H22N2O5. The molecule has 2 atom stereocenters. The van der Waals surface area contributed by atoms with E-state index in [1.54, 1.807) is 36.4 Å². The van der Waals surface area contributed by atoms with Gasteiger partial charge in [-0.15, -0.1) is 0 Å². The average Bonchev–Trinajstić information content (AvgIpc) is 3.23. The van der Waals surface area contributed by atoms with E-state index in [-0.39, 0.29) is 17.9 Å². The van der Waals surface area contributed by atoms with Crippen LogP contribution in [0.4, 0.5) is 0 Å². The van der Waals surface area contributed by atoms with Gasteiger partial charge in [-0.1, -0.05) is 66.7 Å². The predicted octanol–water partition coefficient (Wildman–Crippen LogP) is 3.13. The Bertz CT molecular complexity index is 1320. The second kappa shape index (κ2) is 7.95. The number of rotatable bonds is 4. The lowest BCUT2D eigenvalue weighted by molar-refractivity contribution is -0.168. The first-order valence-electron chi connectivity index (χ1n) is 10.8. The topological polar surface area (TPSA) is 85.3 Å². The fourth-order valence-electron chi connectivity index (χ4n) is 4.79. The van der Waals surface area contributed by atoms with E-state index in [9.17, 15) is 14.4 Å². The van der Waals surface area contributed by atoms with E-state index in [0.717, 1.165) is 10.5 Å². The molecule has 0 aromatic heterocycles. The fraction of sp³-hybridized carbons (Fsp3) is 0.185. The van der Waals surface area contributed by atoms with Gasteiger partial charge in [0.1, 0.15) is 0 Å². The number of aliphatic imine (C=N–C) groups is 1. The van der Waals surface area contributed by atoms with Gasteiger partial charge in [0.2, 0.25) is 11.4 Å². The highest BCUT2D eigenvalue weighted by Crippen LogP contribution is 2.52. The van der Waals surface area contributed by atoms with Crippen LogP contribution in [-0.4, -0.2) is 48.3 Å². The second-order valence-corrected chi connectivity index (χ2v) is 8.30. The quantitative estimate of drug-likeness (QED) is 0.447. The zero-order chi connectivity index (χ0) is 23.9. The van der Waals surface area contributed by atoms with Crippen molar-refractivity contribution in [1.82, 2.24) is 4.90 Å². The average molecular weight is 454 g/mol. The first kappa shape index (κ1) is 21.6. The van der Waals surface area contributed by atoms with Crippen molar-refractivity contribution in [2.75, 3.05) is 14.2 Å². The van der Waals surface area contributed by atoms with Crippen LogP contribution in [-0.2, 0) is 31.1 Å². The van der Waals surface area contributed by atoms with Gasteiger partial charge in [0.15, 0.2) is 0 Å². The smallest absolute Gasteiger partial charge is 0.339 e. The third-order valence-electron chi connectivity index (χ3n) is 6.42. The molecule has 3 aromatic rings. The van der Waals surface area contributed by atoms with E-state index in [1.165, 1.54) is 14.2 Å². The van der Waals surface area contributed by atoms with E-state index >= 15 is 0 Å². The standard InChI is InChI=1S/C27H22N2O5/c1-29-23(30)20-15-9-10-16-21(20)27(24(29)31)26(25(32)33-2,17-18-11-5-3-6-12-18)28-22(34-27)19-13-7-4-8-14-19/h3-16H,17H2,1-2H3/t26-,27-/m1/s1. The minimum Gasteiger partial charge on any atom is -0.467 e. The molecule has 3 aromatic carbocycles. The summed E-state index contributed by atoms with van der Waals surface area (Å²) in [5, 5.41) is 0. The number of nitrogens with zero attached hydrogens (tertiary/aromatic N) is 2. The molecule has 7 nitrogen and oxygen atoms in total. The van der Waals surface area contributed by atoms with Gasteiger partial charge in [0, 0.05) is 30.2 Å². The Balaban J connectivity index is 1.85. The van der Waals surface area contributed by atoms with Crippen molar-refractivity contribution in [3.63, 3.8) is 0 Å². The van der Waals surface area contributed by atoms with Gasteiger partial charge in [0.05, 0.1) is 7.11 Å². The molecule has 2 heterocycles. The van der Waals surface area contributed by atoms with E-state index < -0.39 is 28.9 Å². The van der Waals surface area contributed by atoms with E-state index in [4.69, 9.17) is 14.5 Å². The van der Waals surface area contributed by atoms with Crippen molar-refractivity contribution in [2.45, 2.75) is 17.6 Å². The summed E-state index contributed by atoms with van der Waals surface area (Å²) in [6.07, 6.45) is 0.0267. The molecular weight excluding hydrogens is 432 g/mol. The zero-order valence-corrected chi connectivity index (χ0v) is 18.7. The van der Waals surface area contributed by atoms with Gasteiger partial charge in [-0.2, -0.15) is 0 Å². The van der Waals surface area contributed by atoms with Gasteiger partial charge < -0.3 is 9.47 Å². The lowest BCUT2D eigenvalue weighted by Crippen LogP contribution is -2.66. The van der Waals surface area contributed by atoms with Crippen LogP contribution in [0.15, 0.2) is 89.9 Å². The number of ether oxygens (including phenoxy) is 2. The van der Waals surface area contributed by atoms with Gasteiger partial charge in [-0.25, -0.2) is 9.79 Å². The van der Waals surface area contributed by atoms with Crippen LogP contribution >= 0.6 is 0 Å². The highest BCUT2D eigenvalue weighted by molar-refractivity contribution is 6.17. The van der Waals surface area contributed by atoms with Crippen LogP contribution in [0.2, 0.25) is 0 Å². The van der Waals surface area contributed by atoms with Crippen LogP contribution < -0.4 is 0 Å². The molecule has 5 rings (SSSR count). The summed E-state index contributed by atoms with van der Waals surface area (Å²) in [6.45, 7) is 0. The summed E-state index contributed by atoms with van der Waals surface area (Å²) in [6, 6.07) is 25.0. The maximum Gasteiger partial charge on any atom is 0.339 e. The molecule has 0 saturated heterocycles. The molecule has 170 valence electrons. The number of methoxy groups -OCH3 is 1. The summed E-state index contributed by atoms with van der Waals surface area (Å²) in [7, 11) is 2.64. The molecule has 0 aliphatic carbocycles. The third kappa shape index (κ3) is 2.90. The third-order valence-corrected chi connectivity index (χ3v) is 6.42. The van der Waals surface area contributed by atoms with Gasteiger partial charge in [-0.3, -0.25) is 14.5 Å². The Morgan fingerprint density at radius 2 is 1.56 bits per heavy atom. The molecule has 0 unspecified atom stereocenters. The molecule has 0 bridgehead atoms. The predicted molar refractivity (Wildman–Crippen MR) is 124 cm³/mol. The monoisotopic (exact) mass is 454 g/mol. The minimum atomic E-state index is -1.93. The molecule has 1 spiro atoms. The zero-order valence-electron chi connectivity index (χ0n) is 18.7. The van der Waals surface area contributed by atoms with E-state index in [1.807, 2.05) is 48.5 Å². The van der Waals surface area contributed by atoms with Crippen LogP contribution in [0.5, 0.6) is 0 Å². The number of hydrogen-bond acceptors (Lipinski definition) is 6. The van der Waals surface area contributed by atoms with Gasteiger partial charge >= 0.3 is 5.97 Å². The molecule has 2 aliphatic heterocycles. The number of carbonyl (C=O) groups excluding carboxylic acids is 3. The molecule has 34 heavy (non-hydrogen) atoms. The number of likely N-dealkylation sites (N-methyl/N-ethyl adjacent to an activating group) is 1. The van der Waals surface area contributed by atoms with Gasteiger partial charge in [0.25, 0.3) is 17.4 Å². The lowest BCUT2D eigenvalue weighted by Gasteiger charge is -2.44. The lowest BCUT2D eigenvalue weighted by atomic mass is 9.68. The molecule has 7 heteroatoms. The minimum absolute atomic E-state index is 0.0267. The first-order chi connectivity index (χ1) is 16.4. The Morgan fingerprint density at radius 3 is 2.24 bits per heavy atom. The summed E-state index contributed by atoms with van der Waals surface area (Å²) in [5.41, 5.74) is -1.81. The van der Waals surface area contributed by atoms with Crippen molar-refractivity contribution in [1.29, 1.82) is 0 Å². The molecule has 0 radical (unpaired) electrons. The number of esters is 1. The molecule has 0 fully saturated rings. The van der Waals surface area contributed by atoms with Gasteiger partial charge in [-0.05, 0) is 23.8 Å². The summed E-state index contributed by atoms with van der Waals surface area (Å²) < 4.78 is 11.7. The number of hydrogen-bond donors (Lipinski definition) is 0. The second-order valence-electron chi connectivity index (χ2n) is 8.30. The van der Waals surface area contributed by atoms with Crippen molar-refractivity contribution in [3.05, 3.63) is 107 Å². The summed E-state index contributed by atoms with van der Waals surface area (Å²) >= 11 is 0. The number of carbonyl (C=O) groups is 3. The van der Waals surface area contributed by atoms with Crippen LogP contribution in [0, 0.1) is 0 Å². The Kier molecular flexibility index (Phi) is 5.05. The molecule has 0 N–H and O–H groups in total. The molecule has 2 aliphatic rings. The number of amides is 2. The Labute approximate surface area is 196 Å². The Hall–Kier alpha value is -4.26. The number of fused-ring (bicyclic) bond motifs is 2. The Morgan fingerprint density at radius 1 is 0.941 bits per heavy atom. The SMILES string of the molecule is COC(=O)[C@@]1(Cc2ccccc2)N=C(c2ccccc2)O[C@]12C(=O)N(C)C(=O)c1ccccc12. The number of imide groups is 1. The summed E-state index contributed by atoms with van der Waals surface area (Å²) in [4.78, 5) is 46.5. The van der Waals surface area contributed by atoms with Crippen LogP contribution in [0.3, 0.4) is 0 Å². The largest absolute Gasteiger partial charge is 0.467 e. The van der Waals surface area contributed by atoms with Crippen molar-refractivity contribution < 1.29 is 23.9 Å². The van der Waals surface area contributed by atoms with Crippen LogP contribution in [0.25, 0.3) is 0 Å². The molecule has 2 amide bonds. The summed E-state index contributed by atoms with van der Waals surface area (Å²) in [5.74, 6) is -1.74. The van der Waals surface area contributed by atoms with Crippen molar-refractivity contribution >= 4 is 23.7 Å². The number of benzene rings is 3. The highest BCUT2D eigenvalue weighted by Gasteiger charge is 2.72. The van der Waals surface area contributed by atoms with Crippen molar-refractivity contribution in [3.8, 4) is 0 Å². The maximum atomic E-state index is 14.0. The molecule has 0 saturated carbocycles. The first-order valence-corrected chi connectivity index (χ1v) is 10.8. The highest BCUT2D eigenvalue weighted by atomic mass is 16.6. The fourth-order valence-corrected chi connectivity index (χ4v) is 4.79. The van der Waals surface area contributed by atoms with Crippen LogP contribution in [0.1, 0.15) is 27.0 Å².